The van der Waals surface area contributed by atoms with Crippen LogP contribution in [-0.2, 0) is 15.3 Å². The van der Waals surface area contributed by atoms with E-state index in [1.54, 1.807) is 6.26 Å². The average Bonchev–Trinajstić information content (AvgIpc) is 2.17. The van der Waals surface area contributed by atoms with E-state index in [-0.39, 0.29) is 10.7 Å². The summed E-state index contributed by atoms with van der Waals surface area (Å²) in [6.07, 6.45) is 9.33. The molecule has 2 nitrogen and oxygen atoms in total. The van der Waals surface area contributed by atoms with Gasteiger partial charge in [-0.2, -0.15) is 0 Å². The van der Waals surface area contributed by atoms with Crippen LogP contribution in [0.4, 0.5) is 0 Å². The second-order valence-electron chi connectivity index (χ2n) is 5.29. The molecule has 1 aliphatic carbocycles. The Morgan fingerprint density at radius 1 is 1.20 bits per heavy atom. The van der Waals surface area contributed by atoms with Crippen LogP contribution in [0.5, 0.6) is 0 Å². The Balaban J connectivity index is 2.32. The highest BCUT2D eigenvalue weighted by molar-refractivity contribution is 7.80. The standard InChI is InChI=1S/C12H22O2S/c1-12(2,3)9-10-14-15(13)11-7-5-4-6-8-11/h9-11H,4-8H2,1-3H3/b10-9+. The number of rotatable bonds is 3. The molecule has 0 aliphatic heterocycles. The van der Waals surface area contributed by atoms with E-state index in [1.165, 1.54) is 19.3 Å². The molecular formula is C12H22O2S. The first-order valence-corrected chi connectivity index (χ1v) is 6.88. The molecule has 0 aromatic carbocycles. The van der Waals surface area contributed by atoms with E-state index in [0.717, 1.165) is 12.8 Å². The summed E-state index contributed by atoms with van der Waals surface area (Å²) in [5.74, 6) is 0. The third-order valence-electron chi connectivity index (χ3n) is 2.54. The summed E-state index contributed by atoms with van der Waals surface area (Å²) in [7, 11) is 0. The van der Waals surface area contributed by atoms with Gasteiger partial charge in [-0.05, 0) is 24.3 Å². The quantitative estimate of drug-likeness (QED) is 0.693. The van der Waals surface area contributed by atoms with E-state index in [2.05, 4.69) is 20.8 Å². The molecule has 0 amide bonds. The summed E-state index contributed by atoms with van der Waals surface area (Å²) in [6.45, 7) is 6.28. The zero-order chi connectivity index (χ0) is 11.3. The third kappa shape index (κ3) is 5.36. The molecule has 1 fully saturated rings. The van der Waals surface area contributed by atoms with Crippen LogP contribution < -0.4 is 0 Å². The van der Waals surface area contributed by atoms with Crippen molar-refractivity contribution in [1.82, 2.24) is 0 Å². The van der Waals surface area contributed by atoms with E-state index in [0.29, 0.717) is 0 Å². The van der Waals surface area contributed by atoms with Crippen molar-refractivity contribution in [1.29, 1.82) is 0 Å². The van der Waals surface area contributed by atoms with Crippen molar-refractivity contribution in [2.45, 2.75) is 58.1 Å². The average molecular weight is 230 g/mol. The van der Waals surface area contributed by atoms with Gasteiger partial charge < -0.3 is 4.18 Å². The van der Waals surface area contributed by atoms with Crippen molar-refractivity contribution in [2.24, 2.45) is 5.41 Å². The molecule has 3 heteroatoms. The van der Waals surface area contributed by atoms with E-state index in [9.17, 15) is 4.21 Å². The fraction of sp³-hybridized carbons (Fsp3) is 0.833. The first-order chi connectivity index (χ1) is 6.99. The summed E-state index contributed by atoms with van der Waals surface area (Å²) in [6, 6.07) is 0. The maximum absolute atomic E-state index is 11.7. The van der Waals surface area contributed by atoms with Crippen molar-refractivity contribution in [2.75, 3.05) is 0 Å². The van der Waals surface area contributed by atoms with Crippen LogP contribution in [0.1, 0.15) is 52.9 Å². The van der Waals surface area contributed by atoms with Gasteiger partial charge in [-0.25, -0.2) is 4.21 Å². The Morgan fingerprint density at radius 3 is 2.33 bits per heavy atom. The van der Waals surface area contributed by atoms with Crippen LogP contribution in [0, 0.1) is 5.41 Å². The molecule has 0 spiro atoms. The van der Waals surface area contributed by atoms with Crippen molar-refractivity contribution in [3.8, 4) is 0 Å². The Labute approximate surface area is 95.8 Å². The van der Waals surface area contributed by atoms with E-state index in [4.69, 9.17) is 4.18 Å². The molecule has 0 aromatic rings. The summed E-state index contributed by atoms with van der Waals surface area (Å²) >= 11 is -1.13. The molecule has 1 aliphatic rings. The molecule has 0 aromatic heterocycles. The Kier molecular flexibility index (Phi) is 4.84. The predicted octanol–water partition coefficient (Wildman–Crippen LogP) is 3.56. The Morgan fingerprint density at radius 2 is 1.80 bits per heavy atom. The highest BCUT2D eigenvalue weighted by Crippen LogP contribution is 2.23. The minimum absolute atomic E-state index is 0.0940. The minimum Gasteiger partial charge on any atom is -0.409 e. The maximum Gasteiger partial charge on any atom is 0.209 e. The van der Waals surface area contributed by atoms with Gasteiger partial charge in [0.25, 0.3) is 0 Å². The molecule has 1 saturated carbocycles. The molecular weight excluding hydrogens is 208 g/mol. The van der Waals surface area contributed by atoms with Crippen LogP contribution in [0.25, 0.3) is 0 Å². The van der Waals surface area contributed by atoms with Crippen LogP contribution in [0.15, 0.2) is 12.3 Å². The van der Waals surface area contributed by atoms with Gasteiger partial charge in [-0.3, -0.25) is 0 Å². The monoisotopic (exact) mass is 230 g/mol. The molecule has 0 heterocycles. The molecule has 0 bridgehead atoms. The van der Waals surface area contributed by atoms with Gasteiger partial charge in [-0.1, -0.05) is 40.0 Å². The lowest BCUT2D eigenvalue weighted by atomic mass is 9.98. The Hall–Kier alpha value is -0.310. The second kappa shape index (κ2) is 5.69. The van der Waals surface area contributed by atoms with Gasteiger partial charge >= 0.3 is 0 Å². The minimum atomic E-state index is -1.13. The van der Waals surface area contributed by atoms with Gasteiger partial charge in [0.05, 0.1) is 5.25 Å². The molecule has 1 rings (SSSR count). The van der Waals surface area contributed by atoms with Gasteiger partial charge in [0.2, 0.25) is 11.1 Å². The summed E-state index contributed by atoms with van der Waals surface area (Å²) < 4.78 is 17.0. The third-order valence-corrected chi connectivity index (χ3v) is 3.86. The van der Waals surface area contributed by atoms with Crippen LogP contribution in [0.3, 0.4) is 0 Å². The van der Waals surface area contributed by atoms with Crippen molar-refractivity contribution >= 4 is 11.1 Å². The fourth-order valence-corrected chi connectivity index (χ4v) is 2.66. The second-order valence-corrected chi connectivity index (χ2v) is 6.67. The SMILES string of the molecule is CC(C)(C)/C=C/OS(=O)C1CCCCC1. The van der Waals surface area contributed by atoms with Gasteiger partial charge in [0, 0.05) is 0 Å². The van der Waals surface area contributed by atoms with Gasteiger partial charge in [-0.15, -0.1) is 0 Å². The molecule has 1 atom stereocenters. The number of hydrogen-bond donors (Lipinski definition) is 0. The van der Waals surface area contributed by atoms with Gasteiger partial charge in [0.1, 0.15) is 6.26 Å². The van der Waals surface area contributed by atoms with Crippen molar-refractivity contribution < 1.29 is 8.39 Å². The lowest BCUT2D eigenvalue weighted by Gasteiger charge is -2.19. The molecule has 0 N–H and O–H groups in total. The van der Waals surface area contributed by atoms with Gasteiger partial charge in [0.15, 0.2) is 0 Å². The van der Waals surface area contributed by atoms with Crippen molar-refractivity contribution in [3.63, 3.8) is 0 Å². The predicted molar refractivity (Wildman–Crippen MR) is 64.7 cm³/mol. The first kappa shape index (κ1) is 12.8. The largest absolute Gasteiger partial charge is 0.409 e. The molecule has 1 unspecified atom stereocenters. The summed E-state index contributed by atoms with van der Waals surface area (Å²) in [5.41, 5.74) is 0.0940. The lowest BCUT2D eigenvalue weighted by molar-refractivity contribution is 0.439. The zero-order valence-corrected chi connectivity index (χ0v) is 10.8. The van der Waals surface area contributed by atoms with Crippen molar-refractivity contribution in [3.05, 3.63) is 12.3 Å². The highest BCUT2D eigenvalue weighted by atomic mass is 32.2. The zero-order valence-electron chi connectivity index (χ0n) is 9.99. The lowest BCUT2D eigenvalue weighted by Crippen LogP contribution is -2.19. The molecule has 15 heavy (non-hydrogen) atoms. The number of allylic oxidation sites excluding steroid dienone is 1. The molecule has 88 valence electrons. The summed E-state index contributed by atoms with van der Waals surface area (Å²) in [4.78, 5) is 0. The molecule has 0 saturated heterocycles. The highest BCUT2D eigenvalue weighted by Gasteiger charge is 2.20. The molecule has 0 radical (unpaired) electrons. The topological polar surface area (TPSA) is 26.3 Å². The van der Waals surface area contributed by atoms with Crippen LogP contribution in [0.2, 0.25) is 0 Å². The number of hydrogen-bond acceptors (Lipinski definition) is 2. The smallest absolute Gasteiger partial charge is 0.209 e. The van der Waals surface area contributed by atoms with E-state index in [1.807, 2.05) is 6.08 Å². The summed E-state index contributed by atoms with van der Waals surface area (Å²) in [5, 5.41) is 0.253. The fourth-order valence-electron chi connectivity index (χ4n) is 1.62. The maximum atomic E-state index is 11.7. The normalized spacial score (nSPS) is 21.8. The first-order valence-electron chi connectivity index (χ1n) is 5.74. The van der Waals surface area contributed by atoms with E-state index < -0.39 is 11.1 Å². The van der Waals surface area contributed by atoms with E-state index >= 15 is 0 Å². The van der Waals surface area contributed by atoms with Crippen LogP contribution >= 0.6 is 0 Å². The van der Waals surface area contributed by atoms with Crippen LogP contribution in [-0.4, -0.2) is 9.46 Å². The Bertz CT molecular complexity index is 234.